The lowest BCUT2D eigenvalue weighted by molar-refractivity contribution is 0.0976. The van der Waals surface area contributed by atoms with E-state index in [0.29, 0.717) is 13.0 Å². The number of carbonyl (C=O) groups is 1. The van der Waals surface area contributed by atoms with E-state index < -0.39 is 21.5 Å². The fraction of sp³-hybridized carbons (Fsp3) is 0.375. The van der Waals surface area contributed by atoms with Crippen LogP contribution in [-0.4, -0.2) is 41.8 Å². The number of nitrogens with zero attached hydrogens (tertiary/aromatic N) is 3. The molecule has 1 aliphatic carbocycles. The number of rotatable bonds is 7. The molecule has 0 saturated heterocycles. The number of hydrogen-bond acceptors (Lipinski definition) is 7. The number of amides is 1. The predicted molar refractivity (Wildman–Crippen MR) is 124 cm³/mol. The van der Waals surface area contributed by atoms with Gasteiger partial charge in [-0.2, -0.15) is 5.10 Å². The number of carbonyl (C=O) groups excluding carboxylic acids is 1. The highest BCUT2D eigenvalue weighted by molar-refractivity contribution is 7.90. The topological polar surface area (TPSA) is 112 Å². The summed E-state index contributed by atoms with van der Waals surface area (Å²) in [5, 5.41) is 4.23. The molecule has 1 aromatic carbocycles. The third-order valence-corrected chi connectivity index (χ3v) is 7.35. The number of ether oxygens (including phenoxy) is 2. The highest BCUT2D eigenvalue weighted by Crippen LogP contribution is 2.44. The van der Waals surface area contributed by atoms with Crippen LogP contribution in [0.1, 0.15) is 59.9 Å². The van der Waals surface area contributed by atoms with Crippen LogP contribution >= 0.6 is 0 Å². The SMILES string of the molecule is COc1ccc2c(c1S(=O)(=O)NC(=O)c1ccc(Cn3cccn3)c(C3CC3)n1)OC(C)(C)C2. The minimum Gasteiger partial charge on any atom is -0.495 e. The van der Waals surface area contributed by atoms with Crippen LogP contribution in [-0.2, 0) is 23.0 Å². The molecule has 1 aliphatic heterocycles. The first-order valence-corrected chi connectivity index (χ1v) is 12.6. The fourth-order valence-electron chi connectivity index (χ4n) is 4.29. The molecule has 3 aromatic rings. The van der Waals surface area contributed by atoms with Crippen molar-refractivity contribution in [3.63, 3.8) is 0 Å². The van der Waals surface area contributed by atoms with Gasteiger partial charge in [0.25, 0.3) is 15.9 Å². The quantitative estimate of drug-likeness (QED) is 0.551. The second-order valence-corrected chi connectivity index (χ2v) is 10.9. The van der Waals surface area contributed by atoms with E-state index in [1.54, 1.807) is 29.1 Å². The summed E-state index contributed by atoms with van der Waals surface area (Å²) in [5.41, 5.74) is 2.00. The van der Waals surface area contributed by atoms with Gasteiger partial charge in [0.05, 0.1) is 13.7 Å². The summed E-state index contributed by atoms with van der Waals surface area (Å²) in [6.07, 6.45) is 6.09. The molecule has 2 aromatic heterocycles. The van der Waals surface area contributed by atoms with Crippen molar-refractivity contribution >= 4 is 15.9 Å². The molecule has 3 heterocycles. The monoisotopic (exact) mass is 482 g/mol. The zero-order valence-electron chi connectivity index (χ0n) is 19.2. The lowest BCUT2D eigenvalue weighted by atomic mass is 10.0. The van der Waals surface area contributed by atoms with E-state index in [0.717, 1.165) is 29.7 Å². The molecule has 0 atom stereocenters. The van der Waals surface area contributed by atoms with Gasteiger partial charge in [0.2, 0.25) is 0 Å². The van der Waals surface area contributed by atoms with Gasteiger partial charge in [-0.15, -0.1) is 0 Å². The van der Waals surface area contributed by atoms with Crippen LogP contribution in [0.3, 0.4) is 0 Å². The van der Waals surface area contributed by atoms with Gasteiger partial charge < -0.3 is 9.47 Å². The molecule has 178 valence electrons. The van der Waals surface area contributed by atoms with E-state index in [1.165, 1.54) is 7.11 Å². The van der Waals surface area contributed by atoms with Crippen LogP contribution in [0.2, 0.25) is 0 Å². The maximum absolute atomic E-state index is 13.3. The van der Waals surface area contributed by atoms with Gasteiger partial charge in [0.1, 0.15) is 22.8 Å². The van der Waals surface area contributed by atoms with Crippen LogP contribution < -0.4 is 14.2 Å². The van der Waals surface area contributed by atoms with Crippen LogP contribution in [0.4, 0.5) is 0 Å². The lowest BCUT2D eigenvalue weighted by Crippen LogP contribution is -2.32. The highest BCUT2D eigenvalue weighted by Gasteiger charge is 2.38. The van der Waals surface area contributed by atoms with Crippen molar-refractivity contribution in [1.82, 2.24) is 19.5 Å². The minimum atomic E-state index is -4.30. The van der Waals surface area contributed by atoms with E-state index in [1.807, 2.05) is 32.2 Å². The Morgan fingerprint density at radius 1 is 1.26 bits per heavy atom. The standard InChI is InChI=1S/C24H26N4O5S/c1-24(2)13-16-8-10-19(32-3)22(21(16)33-24)34(30,31)27-23(29)18-9-7-17(14-28-12-4-11-25-28)20(26-18)15-5-6-15/h4,7-12,15H,5-6,13-14H2,1-3H3,(H,27,29). The molecule has 1 fully saturated rings. The van der Waals surface area contributed by atoms with E-state index in [4.69, 9.17) is 9.47 Å². The Morgan fingerprint density at radius 2 is 2.06 bits per heavy atom. The van der Waals surface area contributed by atoms with Gasteiger partial charge >= 0.3 is 0 Å². The van der Waals surface area contributed by atoms with Crippen molar-refractivity contribution in [2.24, 2.45) is 0 Å². The molecule has 0 bridgehead atoms. The van der Waals surface area contributed by atoms with Crippen LogP contribution in [0.25, 0.3) is 0 Å². The highest BCUT2D eigenvalue weighted by atomic mass is 32.2. The second kappa shape index (κ2) is 8.12. The molecule has 10 heteroatoms. The maximum atomic E-state index is 13.3. The molecule has 2 aliphatic rings. The summed E-state index contributed by atoms with van der Waals surface area (Å²) in [6, 6.07) is 8.57. The Kier molecular flexibility index (Phi) is 5.35. The molecule has 1 saturated carbocycles. The van der Waals surface area contributed by atoms with Gasteiger partial charge in [-0.1, -0.05) is 12.1 Å². The Hall–Kier alpha value is -3.40. The molecule has 34 heavy (non-hydrogen) atoms. The summed E-state index contributed by atoms with van der Waals surface area (Å²) in [7, 11) is -2.92. The number of pyridine rings is 1. The van der Waals surface area contributed by atoms with Crippen molar-refractivity contribution < 1.29 is 22.7 Å². The smallest absolute Gasteiger partial charge is 0.283 e. The number of hydrogen-bond donors (Lipinski definition) is 1. The van der Waals surface area contributed by atoms with E-state index in [9.17, 15) is 13.2 Å². The molecule has 0 radical (unpaired) electrons. The average Bonchev–Trinajstić information content (AvgIpc) is 3.40. The lowest BCUT2D eigenvalue weighted by Gasteiger charge is -2.19. The largest absolute Gasteiger partial charge is 0.495 e. The normalized spacial score (nSPS) is 16.6. The second-order valence-electron chi connectivity index (χ2n) is 9.28. The molecule has 0 spiro atoms. The van der Waals surface area contributed by atoms with E-state index >= 15 is 0 Å². The molecular weight excluding hydrogens is 456 g/mol. The van der Waals surface area contributed by atoms with Crippen LogP contribution in [0.15, 0.2) is 47.6 Å². The number of nitrogens with one attached hydrogen (secondary N) is 1. The van der Waals surface area contributed by atoms with Crippen molar-refractivity contribution in [3.8, 4) is 11.5 Å². The van der Waals surface area contributed by atoms with Crippen molar-refractivity contribution in [2.45, 2.75) is 56.1 Å². The summed E-state index contributed by atoms with van der Waals surface area (Å²) >= 11 is 0. The molecule has 9 nitrogen and oxygen atoms in total. The minimum absolute atomic E-state index is 0.0440. The first kappa shape index (κ1) is 22.4. The summed E-state index contributed by atoms with van der Waals surface area (Å²) in [6.45, 7) is 4.29. The average molecular weight is 483 g/mol. The first-order chi connectivity index (χ1) is 16.2. The number of fused-ring (bicyclic) bond motifs is 1. The van der Waals surface area contributed by atoms with Gasteiger partial charge in [-0.25, -0.2) is 18.1 Å². The zero-order valence-corrected chi connectivity index (χ0v) is 20.1. The van der Waals surface area contributed by atoms with Crippen LogP contribution in [0.5, 0.6) is 11.5 Å². The Labute approximate surface area is 198 Å². The molecule has 5 rings (SSSR count). The summed E-state index contributed by atoms with van der Waals surface area (Å²) in [5.74, 6) is -0.212. The van der Waals surface area contributed by atoms with Crippen molar-refractivity contribution in [2.75, 3.05) is 7.11 Å². The zero-order chi connectivity index (χ0) is 24.1. The Bertz CT molecular complexity index is 1360. The van der Waals surface area contributed by atoms with Crippen molar-refractivity contribution in [3.05, 3.63) is 65.2 Å². The summed E-state index contributed by atoms with van der Waals surface area (Å²) < 4.78 is 41.9. The van der Waals surface area contributed by atoms with Gasteiger partial charge in [0.15, 0.2) is 4.90 Å². The molecule has 1 N–H and O–H groups in total. The van der Waals surface area contributed by atoms with E-state index in [-0.39, 0.29) is 28.0 Å². The number of benzene rings is 1. The van der Waals surface area contributed by atoms with Crippen molar-refractivity contribution in [1.29, 1.82) is 0 Å². The fourth-order valence-corrected chi connectivity index (χ4v) is 5.57. The van der Waals surface area contributed by atoms with Gasteiger partial charge in [-0.05, 0) is 56.0 Å². The maximum Gasteiger partial charge on any atom is 0.283 e. The number of sulfonamides is 1. The third-order valence-electron chi connectivity index (χ3n) is 5.97. The van der Waals surface area contributed by atoms with Crippen LogP contribution in [0, 0.1) is 0 Å². The molecular formula is C24H26N4O5S. The molecule has 1 amide bonds. The van der Waals surface area contributed by atoms with E-state index in [2.05, 4.69) is 14.8 Å². The number of methoxy groups -OCH3 is 1. The van der Waals surface area contributed by atoms with Gasteiger partial charge in [0, 0.05) is 30.4 Å². The van der Waals surface area contributed by atoms with Gasteiger partial charge in [-0.3, -0.25) is 9.48 Å². The first-order valence-electron chi connectivity index (χ1n) is 11.1. The third kappa shape index (κ3) is 4.25. The summed E-state index contributed by atoms with van der Waals surface area (Å²) in [4.78, 5) is 17.4. The predicted octanol–water partition coefficient (Wildman–Crippen LogP) is 3.04. The Balaban J connectivity index is 1.45. The molecule has 0 unspecified atom stereocenters. The Morgan fingerprint density at radius 3 is 2.74 bits per heavy atom. The number of aromatic nitrogens is 3.